The summed E-state index contributed by atoms with van der Waals surface area (Å²) < 4.78 is 21.3. The number of primary sulfonamides is 1. The number of rotatable bonds is 4. The Hall–Kier alpha value is -0.170. The lowest BCUT2D eigenvalue weighted by atomic mass is 9.93. The van der Waals surface area contributed by atoms with Crippen LogP contribution in [0, 0.1) is 0 Å². The summed E-state index contributed by atoms with van der Waals surface area (Å²) in [4.78, 5) is 0. The van der Waals surface area contributed by atoms with Crippen LogP contribution in [0.4, 0.5) is 0 Å². The Morgan fingerprint density at radius 2 is 2.00 bits per heavy atom. The van der Waals surface area contributed by atoms with Crippen molar-refractivity contribution in [3.8, 4) is 0 Å². The smallest absolute Gasteiger partial charge is 0.210 e. The zero-order chi connectivity index (χ0) is 10.6. The molecular weight excluding hydrogens is 204 g/mol. The third-order valence-electron chi connectivity index (χ3n) is 2.52. The lowest BCUT2D eigenvalue weighted by Crippen LogP contribution is -2.44. The van der Waals surface area contributed by atoms with Crippen molar-refractivity contribution in [2.45, 2.75) is 37.8 Å². The molecule has 0 aromatic carbocycles. The monoisotopic (exact) mass is 222 g/mol. The quantitative estimate of drug-likeness (QED) is 0.579. The van der Waals surface area contributed by atoms with Gasteiger partial charge in [0.15, 0.2) is 0 Å². The predicted molar refractivity (Wildman–Crippen MR) is 54.2 cm³/mol. The molecule has 2 unspecified atom stereocenters. The van der Waals surface area contributed by atoms with E-state index in [4.69, 9.17) is 5.14 Å². The van der Waals surface area contributed by atoms with Crippen LogP contribution in [0.15, 0.2) is 0 Å². The van der Waals surface area contributed by atoms with Crippen LogP contribution in [0.5, 0.6) is 0 Å². The molecule has 0 aromatic rings. The van der Waals surface area contributed by atoms with Crippen molar-refractivity contribution < 1.29 is 13.5 Å². The van der Waals surface area contributed by atoms with Crippen LogP contribution in [0.1, 0.15) is 25.7 Å². The molecule has 0 radical (unpaired) electrons. The van der Waals surface area contributed by atoms with Gasteiger partial charge >= 0.3 is 0 Å². The van der Waals surface area contributed by atoms with E-state index in [1.807, 2.05) is 0 Å². The topological polar surface area (TPSA) is 92.4 Å². The van der Waals surface area contributed by atoms with Crippen molar-refractivity contribution in [3.05, 3.63) is 0 Å². The van der Waals surface area contributed by atoms with Crippen molar-refractivity contribution in [1.29, 1.82) is 0 Å². The Kier molecular flexibility index (Phi) is 4.31. The zero-order valence-electron chi connectivity index (χ0n) is 8.15. The van der Waals surface area contributed by atoms with Gasteiger partial charge in [-0.15, -0.1) is 0 Å². The SMILES string of the molecule is NS(=O)(=O)CCNC1CCCCC1O. The predicted octanol–water partition coefficient (Wildman–Crippen LogP) is -0.832. The standard InChI is InChI=1S/C8H18N2O3S/c9-14(12,13)6-5-10-7-3-1-2-4-8(7)11/h7-8,10-11H,1-6H2,(H2,9,12,13). The lowest BCUT2D eigenvalue weighted by molar-refractivity contribution is 0.0921. The van der Waals surface area contributed by atoms with E-state index in [1.165, 1.54) is 0 Å². The summed E-state index contributed by atoms with van der Waals surface area (Å²) in [6.45, 7) is 0.320. The molecule has 0 spiro atoms. The highest BCUT2D eigenvalue weighted by atomic mass is 32.2. The fourth-order valence-corrected chi connectivity index (χ4v) is 2.14. The van der Waals surface area contributed by atoms with Crippen molar-refractivity contribution in [1.82, 2.24) is 5.32 Å². The Balaban J connectivity index is 2.23. The van der Waals surface area contributed by atoms with E-state index in [0.717, 1.165) is 25.7 Å². The van der Waals surface area contributed by atoms with Crippen LogP contribution in [0.2, 0.25) is 0 Å². The van der Waals surface area contributed by atoms with Gasteiger partial charge in [-0.25, -0.2) is 13.6 Å². The molecule has 1 rings (SSSR count). The molecule has 0 heterocycles. The molecule has 5 nitrogen and oxygen atoms in total. The third kappa shape index (κ3) is 4.36. The number of aliphatic hydroxyl groups is 1. The summed E-state index contributed by atoms with van der Waals surface area (Å²) in [5, 5.41) is 17.4. The van der Waals surface area contributed by atoms with Gasteiger partial charge in [0.2, 0.25) is 10.0 Å². The minimum atomic E-state index is -3.39. The van der Waals surface area contributed by atoms with E-state index in [1.54, 1.807) is 0 Å². The summed E-state index contributed by atoms with van der Waals surface area (Å²) in [7, 11) is -3.39. The molecule has 14 heavy (non-hydrogen) atoms. The molecule has 0 bridgehead atoms. The second-order valence-corrected chi connectivity index (χ2v) is 5.51. The molecule has 0 amide bonds. The van der Waals surface area contributed by atoms with Gasteiger partial charge in [0.05, 0.1) is 11.9 Å². The number of nitrogens with one attached hydrogen (secondary N) is 1. The van der Waals surface area contributed by atoms with Crippen LogP contribution >= 0.6 is 0 Å². The minimum Gasteiger partial charge on any atom is -0.392 e. The van der Waals surface area contributed by atoms with Gasteiger partial charge in [0.1, 0.15) is 0 Å². The first-order chi connectivity index (χ1) is 6.49. The van der Waals surface area contributed by atoms with Gasteiger partial charge in [-0.05, 0) is 12.8 Å². The normalized spacial score (nSPS) is 29.0. The largest absolute Gasteiger partial charge is 0.392 e. The van der Waals surface area contributed by atoms with Crippen molar-refractivity contribution >= 4 is 10.0 Å². The molecule has 1 aliphatic rings. The highest BCUT2D eigenvalue weighted by Crippen LogP contribution is 2.17. The molecule has 2 atom stereocenters. The van der Waals surface area contributed by atoms with E-state index in [-0.39, 0.29) is 17.9 Å². The summed E-state index contributed by atoms with van der Waals surface area (Å²) in [5.74, 6) is -0.0732. The van der Waals surface area contributed by atoms with Crippen LogP contribution in [-0.2, 0) is 10.0 Å². The zero-order valence-corrected chi connectivity index (χ0v) is 8.96. The molecule has 1 fully saturated rings. The Morgan fingerprint density at radius 3 is 2.57 bits per heavy atom. The van der Waals surface area contributed by atoms with Crippen molar-refractivity contribution in [3.63, 3.8) is 0 Å². The summed E-state index contributed by atoms with van der Waals surface area (Å²) >= 11 is 0. The number of hydrogen-bond acceptors (Lipinski definition) is 4. The first-order valence-electron chi connectivity index (χ1n) is 4.91. The third-order valence-corrected chi connectivity index (χ3v) is 3.30. The molecule has 6 heteroatoms. The van der Waals surface area contributed by atoms with Crippen LogP contribution in [-0.4, -0.2) is 38.0 Å². The van der Waals surface area contributed by atoms with Crippen LogP contribution in [0.3, 0.4) is 0 Å². The number of hydrogen-bond donors (Lipinski definition) is 3. The molecule has 0 aromatic heterocycles. The van der Waals surface area contributed by atoms with E-state index >= 15 is 0 Å². The fourth-order valence-electron chi connectivity index (χ4n) is 1.74. The Bertz CT molecular complexity index is 266. The van der Waals surface area contributed by atoms with Gasteiger partial charge in [-0.1, -0.05) is 12.8 Å². The molecule has 0 saturated heterocycles. The van der Waals surface area contributed by atoms with Gasteiger partial charge in [-0.2, -0.15) is 0 Å². The summed E-state index contributed by atoms with van der Waals surface area (Å²) in [5.41, 5.74) is 0. The molecular formula is C8H18N2O3S. The Labute approximate surface area is 84.7 Å². The molecule has 1 saturated carbocycles. The number of sulfonamides is 1. The first-order valence-corrected chi connectivity index (χ1v) is 6.62. The minimum absolute atomic E-state index is 0.0329. The maximum atomic E-state index is 10.6. The molecule has 4 N–H and O–H groups in total. The maximum absolute atomic E-state index is 10.6. The van der Waals surface area contributed by atoms with Gasteiger partial charge in [0.25, 0.3) is 0 Å². The van der Waals surface area contributed by atoms with Crippen LogP contribution < -0.4 is 10.5 Å². The number of nitrogens with two attached hydrogens (primary N) is 1. The Morgan fingerprint density at radius 1 is 1.36 bits per heavy atom. The highest BCUT2D eigenvalue weighted by molar-refractivity contribution is 7.89. The van der Waals surface area contributed by atoms with E-state index in [9.17, 15) is 13.5 Å². The summed E-state index contributed by atoms with van der Waals surface area (Å²) in [6.07, 6.45) is 3.50. The fraction of sp³-hybridized carbons (Fsp3) is 1.00. The van der Waals surface area contributed by atoms with Gasteiger partial charge in [0, 0.05) is 12.6 Å². The maximum Gasteiger partial charge on any atom is 0.210 e. The van der Waals surface area contributed by atoms with Crippen molar-refractivity contribution in [2.24, 2.45) is 5.14 Å². The first kappa shape index (κ1) is 11.9. The molecule has 1 aliphatic carbocycles. The van der Waals surface area contributed by atoms with E-state index in [2.05, 4.69) is 5.32 Å². The van der Waals surface area contributed by atoms with Crippen molar-refractivity contribution in [2.75, 3.05) is 12.3 Å². The highest BCUT2D eigenvalue weighted by Gasteiger charge is 2.22. The number of aliphatic hydroxyl groups excluding tert-OH is 1. The second-order valence-electron chi connectivity index (χ2n) is 3.78. The van der Waals surface area contributed by atoms with E-state index < -0.39 is 10.0 Å². The van der Waals surface area contributed by atoms with E-state index in [0.29, 0.717) is 6.54 Å². The summed E-state index contributed by atoms with van der Waals surface area (Å²) in [6, 6.07) is 0.0329. The average Bonchev–Trinajstić information content (AvgIpc) is 2.06. The average molecular weight is 222 g/mol. The van der Waals surface area contributed by atoms with Gasteiger partial charge < -0.3 is 10.4 Å². The van der Waals surface area contributed by atoms with Gasteiger partial charge in [-0.3, -0.25) is 0 Å². The molecule has 84 valence electrons. The van der Waals surface area contributed by atoms with Crippen LogP contribution in [0.25, 0.3) is 0 Å². The molecule has 0 aliphatic heterocycles. The lowest BCUT2D eigenvalue weighted by Gasteiger charge is -2.28. The second kappa shape index (κ2) is 5.06.